The van der Waals surface area contributed by atoms with Gasteiger partial charge in [0, 0.05) is 28.8 Å². The van der Waals surface area contributed by atoms with Crippen molar-refractivity contribution in [2.24, 2.45) is 0 Å². The third-order valence-electron chi connectivity index (χ3n) is 3.17. The number of hydrogen-bond donors (Lipinski definition) is 1. The Hall–Kier alpha value is -1.28. The van der Waals surface area contributed by atoms with E-state index in [1.807, 2.05) is 19.2 Å². The minimum absolute atomic E-state index is 0.761. The second kappa shape index (κ2) is 4.53. The summed E-state index contributed by atoms with van der Waals surface area (Å²) in [4.78, 5) is 4.74. The van der Waals surface area contributed by atoms with Crippen LogP contribution in [0.25, 0.3) is 10.9 Å². The standard InChI is InChI=1S/C14H17ClN2/c1-5-12-9(3)14(16-4)11-7-10(15)6-8(2)13(11)17-12/h6-7H,5H2,1-4H3,(H,16,17). The average Bonchev–Trinajstić information content (AvgIpc) is 2.28. The molecule has 0 aliphatic heterocycles. The zero-order valence-electron chi connectivity index (χ0n) is 10.7. The number of anilines is 1. The summed E-state index contributed by atoms with van der Waals surface area (Å²) in [6, 6.07) is 3.94. The van der Waals surface area contributed by atoms with Crippen LogP contribution in [0.5, 0.6) is 0 Å². The summed E-state index contributed by atoms with van der Waals surface area (Å²) in [7, 11) is 1.94. The Kier molecular flexibility index (Phi) is 3.25. The van der Waals surface area contributed by atoms with Crippen LogP contribution in [0.3, 0.4) is 0 Å². The Morgan fingerprint density at radius 3 is 2.59 bits per heavy atom. The minimum Gasteiger partial charge on any atom is -0.387 e. The Morgan fingerprint density at radius 2 is 2.00 bits per heavy atom. The highest BCUT2D eigenvalue weighted by Crippen LogP contribution is 2.32. The van der Waals surface area contributed by atoms with Gasteiger partial charge in [0.2, 0.25) is 0 Å². The van der Waals surface area contributed by atoms with Gasteiger partial charge in [-0.3, -0.25) is 4.98 Å². The molecule has 0 unspecified atom stereocenters. The van der Waals surface area contributed by atoms with Crippen LogP contribution in [0.2, 0.25) is 5.02 Å². The molecule has 17 heavy (non-hydrogen) atoms. The van der Waals surface area contributed by atoms with Gasteiger partial charge in [0.25, 0.3) is 0 Å². The molecule has 0 saturated carbocycles. The van der Waals surface area contributed by atoms with E-state index >= 15 is 0 Å². The lowest BCUT2D eigenvalue weighted by atomic mass is 10.0. The highest BCUT2D eigenvalue weighted by atomic mass is 35.5. The smallest absolute Gasteiger partial charge is 0.0756 e. The molecule has 0 aliphatic carbocycles. The summed E-state index contributed by atoms with van der Waals surface area (Å²) in [5, 5.41) is 5.13. The predicted molar refractivity (Wildman–Crippen MR) is 75.2 cm³/mol. The van der Waals surface area contributed by atoms with Crippen LogP contribution in [0.15, 0.2) is 12.1 Å². The molecule has 1 heterocycles. The summed E-state index contributed by atoms with van der Waals surface area (Å²) in [5.41, 5.74) is 5.66. The number of aromatic nitrogens is 1. The topological polar surface area (TPSA) is 24.9 Å². The molecule has 0 atom stereocenters. The van der Waals surface area contributed by atoms with Gasteiger partial charge in [-0.15, -0.1) is 0 Å². The molecule has 0 bridgehead atoms. The van der Waals surface area contributed by atoms with Gasteiger partial charge < -0.3 is 5.32 Å². The average molecular weight is 249 g/mol. The first-order chi connectivity index (χ1) is 8.08. The Bertz CT molecular complexity index is 576. The molecule has 2 nitrogen and oxygen atoms in total. The van der Waals surface area contributed by atoms with E-state index in [4.69, 9.17) is 16.6 Å². The second-order valence-electron chi connectivity index (χ2n) is 4.28. The van der Waals surface area contributed by atoms with Gasteiger partial charge in [0.15, 0.2) is 0 Å². The van der Waals surface area contributed by atoms with E-state index < -0.39 is 0 Å². The van der Waals surface area contributed by atoms with Crippen LogP contribution in [0.4, 0.5) is 5.69 Å². The second-order valence-corrected chi connectivity index (χ2v) is 4.72. The Morgan fingerprint density at radius 1 is 1.29 bits per heavy atom. The highest BCUT2D eigenvalue weighted by molar-refractivity contribution is 6.31. The monoisotopic (exact) mass is 248 g/mol. The van der Waals surface area contributed by atoms with Gasteiger partial charge in [-0.2, -0.15) is 0 Å². The molecule has 2 aromatic rings. The predicted octanol–water partition coefficient (Wildman–Crippen LogP) is 4.11. The van der Waals surface area contributed by atoms with Gasteiger partial charge in [-0.25, -0.2) is 0 Å². The fourth-order valence-corrected chi connectivity index (χ4v) is 2.58. The van der Waals surface area contributed by atoms with Crippen molar-refractivity contribution in [3.05, 3.63) is 34.0 Å². The van der Waals surface area contributed by atoms with Crippen molar-refractivity contribution >= 4 is 28.2 Å². The number of nitrogens with one attached hydrogen (secondary N) is 1. The van der Waals surface area contributed by atoms with Crippen molar-refractivity contribution in [1.82, 2.24) is 4.98 Å². The van der Waals surface area contributed by atoms with E-state index in [1.54, 1.807) is 0 Å². The van der Waals surface area contributed by atoms with Gasteiger partial charge >= 0.3 is 0 Å². The number of halogens is 1. The summed E-state index contributed by atoms with van der Waals surface area (Å²) in [6.45, 7) is 6.29. The SMILES string of the molecule is CCc1nc2c(C)cc(Cl)cc2c(NC)c1C. The fraction of sp³-hybridized carbons (Fsp3) is 0.357. The third kappa shape index (κ3) is 1.98. The van der Waals surface area contributed by atoms with E-state index in [1.165, 1.54) is 5.56 Å². The lowest BCUT2D eigenvalue weighted by Crippen LogP contribution is -2.01. The number of nitrogens with zero attached hydrogens (tertiary/aromatic N) is 1. The number of rotatable bonds is 2. The van der Waals surface area contributed by atoms with Crippen molar-refractivity contribution in [1.29, 1.82) is 0 Å². The van der Waals surface area contributed by atoms with Crippen molar-refractivity contribution < 1.29 is 0 Å². The summed E-state index contributed by atoms with van der Waals surface area (Å²) >= 11 is 6.12. The summed E-state index contributed by atoms with van der Waals surface area (Å²) in [5.74, 6) is 0. The molecule has 0 aliphatic rings. The summed E-state index contributed by atoms with van der Waals surface area (Å²) in [6.07, 6.45) is 0.943. The molecule has 90 valence electrons. The van der Waals surface area contributed by atoms with Crippen LogP contribution in [0, 0.1) is 13.8 Å². The third-order valence-corrected chi connectivity index (χ3v) is 3.39. The van der Waals surface area contributed by atoms with Crippen LogP contribution in [-0.2, 0) is 6.42 Å². The largest absolute Gasteiger partial charge is 0.387 e. The molecule has 0 amide bonds. The van der Waals surface area contributed by atoms with Crippen LogP contribution < -0.4 is 5.32 Å². The van der Waals surface area contributed by atoms with E-state index in [2.05, 4.69) is 26.1 Å². The lowest BCUT2D eigenvalue weighted by molar-refractivity contribution is 1.03. The quantitative estimate of drug-likeness (QED) is 0.865. The number of hydrogen-bond acceptors (Lipinski definition) is 2. The van der Waals surface area contributed by atoms with Gasteiger partial charge in [0.05, 0.1) is 5.52 Å². The molecule has 0 saturated heterocycles. The first kappa shape index (κ1) is 12.2. The molecule has 1 N–H and O–H groups in total. The molecule has 0 spiro atoms. The zero-order valence-corrected chi connectivity index (χ0v) is 11.4. The van der Waals surface area contributed by atoms with Crippen LogP contribution >= 0.6 is 11.6 Å². The van der Waals surface area contributed by atoms with Crippen molar-refractivity contribution in [2.45, 2.75) is 27.2 Å². The van der Waals surface area contributed by atoms with Crippen molar-refractivity contribution in [3.8, 4) is 0 Å². The van der Waals surface area contributed by atoms with E-state index in [0.717, 1.165) is 39.3 Å². The molecule has 1 aromatic carbocycles. The number of pyridine rings is 1. The van der Waals surface area contributed by atoms with Crippen LogP contribution in [-0.4, -0.2) is 12.0 Å². The zero-order chi connectivity index (χ0) is 12.6. The molecule has 0 radical (unpaired) electrons. The summed E-state index contributed by atoms with van der Waals surface area (Å²) < 4.78 is 0. The maximum Gasteiger partial charge on any atom is 0.0756 e. The molecule has 3 heteroatoms. The maximum atomic E-state index is 6.12. The molecular weight excluding hydrogens is 232 g/mol. The minimum atomic E-state index is 0.761. The van der Waals surface area contributed by atoms with Crippen LogP contribution in [0.1, 0.15) is 23.7 Å². The first-order valence-corrected chi connectivity index (χ1v) is 6.23. The molecular formula is C14H17ClN2. The van der Waals surface area contributed by atoms with E-state index in [9.17, 15) is 0 Å². The number of aryl methyl sites for hydroxylation is 2. The molecule has 1 aromatic heterocycles. The number of benzene rings is 1. The number of fused-ring (bicyclic) bond motifs is 1. The van der Waals surface area contributed by atoms with Crippen molar-refractivity contribution in [2.75, 3.05) is 12.4 Å². The Labute approximate surface area is 107 Å². The highest BCUT2D eigenvalue weighted by Gasteiger charge is 2.11. The normalized spacial score (nSPS) is 10.9. The van der Waals surface area contributed by atoms with Gasteiger partial charge in [-0.1, -0.05) is 18.5 Å². The first-order valence-electron chi connectivity index (χ1n) is 5.85. The molecule has 0 fully saturated rings. The van der Waals surface area contributed by atoms with Gasteiger partial charge in [-0.05, 0) is 43.5 Å². The van der Waals surface area contributed by atoms with E-state index in [-0.39, 0.29) is 0 Å². The Balaban J connectivity index is 2.92. The fourth-order valence-electron chi connectivity index (χ4n) is 2.31. The molecule has 2 rings (SSSR count). The maximum absolute atomic E-state index is 6.12. The van der Waals surface area contributed by atoms with E-state index in [0.29, 0.717) is 0 Å². The van der Waals surface area contributed by atoms with Gasteiger partial charge in [0.1, 0.15) is 0 Å². The lowest BCUT2D eigenvalue weighted by Gasteiger charge is -2.14. The van der Waals surface area contributed by atoms with Crippen molar-refractivity contribution in [3.63, 3.8) is 0 Å².